The van der Waals surface area contributed by atoms with Gasteiger partial charge in [-0.15, -0.1) is 0 Å². The molecule has 1 N–H and O–H groups in total. The molecule has 0 saturated heterocycles. The Labute approximate surface area is 106 Å². The molecule has 2 amide bonds. The van der Waals surface area contributed by atoms with Crippen LogP contribution >= 0.6 is 0 Å². The first-order chi connectivity index (χ1) is 8.65. The number of nitrogens with zero attached hydrogens (tertiary/aromatic N) is 1. The zero-order chi connectivity index (χ0) is 13.0. The van der Waals surface area contributed by atoms with Crippen molar-refractivity contribution in [2.24, 2.45) is 0 Å². The zero-order valence-corrected chi connectivity index (χ0v) is 10.5. The smallest absolute Gasteiger partial charge is 0.321 e. The number of hydrogen-bond donors (Lipinski definition) is 1. The standard InChI is InChI=1S/C14H16N2O2/c1-11-3-5-13(6-4-11)15-14(17)16(2)9-12-7-8-18-10-12/h3-8,10H,9H2,1-2H3,(H,15,17). The monoisotopic (exact) mass is 244 g/mol. The predicted molar refractivity (Wildman–Crippen MR) is 70.4 cm³/mol. The van der Waals surface area contributed by atoms with Gasteiger partial charge in [0.15, 0.2) is 0 Å². The Balaban J connectivity index is 1.93. The quantitative estimate of drug-likeness (QED) is 0.900. The molecule has 1 heterocycles. The third-order valence-corrected chi connectivity index (χ3v) is 2.65. The van der Waals surface area contributed by atoms with Gasteiger partial charge in [0.25, 0.3) is 0 Å². The molecule has 4 heteroatoms. The summed E-state index contributed by atoms with van der Waals surface area (Å²) >= 11 is 0. The minimum absolute atomic E-state index is 0.139. The number of rotatable bonds is 3. The molecular formula is C14H16N2O2. The Bertz CT molecular complexity index is 503. The first-order valence-electron chi connectivity index (χ1n) is 5.75. The summed E-state index contributed by atoms with van der Waals surface area (Å²) in [4.78, 5) is 13.5. The fourth-order valence-electron chi connectivity index (χ4n) is 1.58. The number of hydrogen-bond acceptors (Lipinski definition) is 2. The first-order valence-corrected chi connectivity index (χ1v) is 5.75. The average molecular weight is 244 g/mol. The van der Waals surface area contributed by atoms with Crippen molar-refractivity contribution in [2.75, 3.05) is 12.4 Å². The van der Waals surface area contributed by atoms with Crippen molar-refractivity contribution in [3.63, 3.8) is 0 Å². The van der Waals surface area contributed by atoms with Crippen LogP contribution in [0, 0.1) is 6.92 Å². The lowest BCUT2D eigenvalue weighted by atomic mass is 10.2. The van der Waals surface area contributed by atoms with Gasteiger partial charge in [-0.1, -0.05) is 17.7 Å². The third kappa shape index (κ3) is 3.13. The van der Waals surface area contributed by atoms with Gasteiger partial charge in [0.05, 0.1) is 19.1 Å². The first kappa shape index (κ1) is 12.2. The number of urea groups is 1. The van der Waals surface area contributed by atoms with Crippen molar-refractivity contribution in [3.05, 3.63) is 54.0 Å². The fraction of sp³-hybridized carbons (Fsp3) is 0.214. The largest absolute Gasteiger partial charge is 0.472 e. The molecule has 94 valence electrons. The average Bonchev–Trinajstić information content (AvgIpc) is 2.85. The van der Waals surface area contributed by atoms with E-state index in [-0.39, 0.29) is 6.03 Å². The zero-order valence-electron chi connectivity index (χ0n) is 10.5. The van der Waals surface area contributed by atoms with Crippen LogP contribution in [0.1, 0.15) is 11.1 Å². The molecule has 2 aromatic rings. The van der Waals surface area contributed by atoms with Crippen LogP contribution in [0.3, 0.4) is 0 Å². The molecule has 4 nitrogen and oxygen atoms in total. The van der Waals surface area contributed by atoms with E-state index >= 15 is 0 Å². The molecular weight excluding hydrogens is 228 g/mol. The van der Waals surface area contributed by atoms with Gasteiger partial charge in [0.2, 0.25) is 0 Å². The lowest BCUT2D eigenvalue weighted by molar-refractivity contribution is 0.220. The third-order valence-electron chi connectivity index (χ3n) is 2.65. The summed E-state index contributed by atoms with van der Waals surface area (Å²) in [7, 11) is 1.75. The van der Waals surface area contributed by atoms with Crippen LogP contribution < -0.4 is 5.32 Å². The van der Waals surface area contributed by atoms with Crippen LogP contribution in [0.2, 0.25) is 0 Å². The van der Waals surface area contributed by atoms with E-state index in [2.05, 4.69) is 5.32 Å². The molecule has 0 saturated carbocycles. The Hall–Kier alpha value is -2.23. The minimum atomic E-state index is -0.139. The van der Waals surface area contributed by atoms with E-state index in [0.29, 0.717) is 6.54 Å². The second-order valence-corrected chi connectivity index (χ2v) is 4.28. The molecule has 0 spiro atoms. The van der Waals surface area contributed by atoms with Crippen LogP contribution in [0.5, 0.6) is 0 Å². The number of aryl methyl sites for hydroxylation is 1. The second-order valence-electron chi connectivity index (χ2n) is 4.28. The Kier molecular flexibility index (Phi) is 3.67. The van der Waals surface area contributed by atoms with E-state index in [1.807, 2.05) is 37.3 Å². The van der Waals surface area contributed by atoms with Gasteiger partial charge in [0.1, 0.15) is 0 Å². The number of benzene rings is 1. The molecule has 0 atom stereocenters. The summed E-state index contributed by atoms with van der Waals surface area (Å²) in [6.45, 7) is 2.53. The van der Waals surface area contributed by atoms with Crippen molar-refractivity contribution in [1.29, 1.82) is 0 Å². The maximum Gasteiger partial charge on any atom is 0.321 e. The Morgan fingerprint density at radius 2 is 2.00 bits per heavy atom. The van der Waals surface area contributed by atoms with Crippen molar-refractivity contribution in [1.82, 2.24) is 4.90 Å². The van der Waals surface area contributed by atoms with E-state index in [4.69, 9.17) is 4.42 Å². The molecule has 1 aromatic carbocycles. The topological polar surface area (TPSA) is 45.5 Å². The Morgan fingerprint density at radius 1 is 1.28 bits per heavy atom. The maximum atomic E-state index is 11.9. The van der Waals surface area contributed by atoms with E-state index in [1.54, 1.807) is 24.5 Å². The highest BCUT2D eigenvalue weighted by Crippen LogP contribution is 2.10. The van der Waals surface area contributed by atoms with Gasteiger partial charge in [-0.25, -0.2) is 4.79 Å². The van der Waals surface area contributed by atoms with Crippen LogP contribution in [0.15, 0.2) is 47.3 Å². The van der Waals surface area contributed by atoms with Crippen LogP contribution in [-0.4, -0.2) is 18.0 Å². The van der Waals surface area contributed by atoms with Gasteiger partial charge in [0, 0.05) is 18.3 Å². The highest BCUT2D eigenvalue weighted by atomic mass is 16.3. The highest BCUT2D eigenvalue weighted by molar-refractivity contribution is 5.89. The number of carbonyl (C=O) groups excluding carboxylic acids is 1. The highest BCUT2D eigenvalue weighted by Gasteiger charge is 2.09. The van der Waals surface area contributed by atoms with Crippen molar-refractivity contribution in [2.45, 2.75) is 13.5 Å². The van der Waals surface area contributed by atoms with Gasteiger partial charge < -0.3 is 14.6 Å². The number of amides is 2. The minimum Gasteiger partial charge on any atom is -0.472 e. The molecule has 0 aliphatic heterocycles. The number of carbonyl (C=O) groups is 1. The van der Waals surface area contributed by atoms with Gasteiger partial charge in [-0.3, -0.25) is 0 Å². The van der Waals surface area contributed by atoms with E-state index in [0.717, 1.165) is 11.3 Å². The molecule has 0 bridgehead atoms. The van der Waals surface area contributed by atoms with Crippen LogP contribution in [-0.2, 0) is 6.54 Å². The normalized spacial score (nSPS) is 10.1. The fourth-order valence-corrected chi connectivity index (χ4v) is 1.58. The summed E-state index contributed by atoms with van der Waals surface area (Å²) in [6.07, 6.45) is 3.23. The lowest BCUT2D eigenvalue weighted by Gasteiger charge is -2.17. The Morgan fingerprint density at radius 3 is 2.61 bits per heavy atom. The van der Waals surface area contributed by atoms with Gasteiger partial charge in [-0.05, 0) is 25.1 Å². The van der Waals surface area contributed by atoms with E-state index in [1.165, 1.54) is 5.56 Å². The molecule has 1 aromatic heterocycles. The predicted octanol–water partition coefficient (Wildman–Crippen LogP) is 3.25. The molecule has 0 aliphatic rings. The van der Waals surface area contributed by atoms with Crippen molar-refractivity contribution < 1.29 is 9.21 Å². The summed E-state index contributed by atoms with van der Waals surface area (Å²) in [5.74, 6) is 0. The van der Waals surface area contributed by atoms with Gasteiger partial charge >= 0.3 is 6.03 Å². The molecule has 18 heavy (non-hydrogen) atoms. The summed E-state index contributed by atoms with van der Waals surface area (Å²) in [6, 6.07) is 9.41. The van der Waals surface area contributed by atoms with Crippen LogP contribution in [0.25, 0.3) is 0 Å². The molecule has 0 radical (unpaired) electrons. The van der Waals surface area contributed by atoms with Crippen molar-refractivity contribution in [3.8, 4) is 0 Å². The van der Waals surface area contributed by atoms with Crippen molar-refractivity contribution >= 4 is 11.7 Å². The number of anilines is 1. The second kappa shape index (κ2) is 5.40. The molecule has 2 rings (SSSR count). The number of nitrogens with one attached hydrogen (secondary N) is 1. The molecule has 0 unspecified atom stereocenters. The summed E-state index contributed by atoms with van der Waals surface area (Å²) < 4.78 is 4.97. The summed E-state index contributed by atoms with van der Waals surface area (Å²) in [5.41, 5.74) is 2.93. The number of furan rings is 1. The maximum absolute atomic E-state index is 11.9. The van der Waals surface area contributed by atoms with E-state index < -0.39 is 0 Å². The SMILES string of the molecule is Cc1ccc(NC(=O)N(C)Cc2ccoc2)cc1. The lowest BCUT2D eigenvalue weighted by Crippen LogP contribution is -2.30. The molecule has 0 aliphatic carbocycles. The molecule has 0 fully saturated rings. The van der Waals surface area contributed by atoms with E-state index in [9.17, 15) is 4.79 Å². The van der Waals surface area contributed by atoms with Gasteiger partial charge in [-0.2, -0.15) is 0 Å². The summed E-state index contributed by atoms with van der Waals surface area (Å²) in [5, 5.41) is 2.84. The van der Waals surface area contributed by atoms with Crippen LogP contribution in [0.4, 0.5) is 10.5 Å².